The first-order chi connectivity index (χ1) is 9.06. The summed E-state index contributed by atoms with van der Waals surface area (Å²) in [7, 11) is -0.959. The van der Waals surface area contributed by atoms with E-state index in [2.05, 4.69) is 10.6 Å². The van der Waals surface area contributed by atoms with Gasteiger partial charge in [-0.15, -0.1) is 12.4 Å². The maximum Gasteiger partial charge on any atom is 0.241 e. The van der Waals surface area contributed by atoms with E-state index in [1.165, 1.54) is 0 Å². The summed E-state index contributed by atoms with van der Waals surface area (Å²) in [6, 6.07) is 5.16. The van der Waals surface area contributed by atoms with Crippen LogP contribution in [0.5, 0.6) is 0 Å². The van der Waals surface area contributed by atoms with E-state index < -0.39 is 10.8 Å². The predicted molar refractivity (Wildman–Crippen MR) is 86.1 cm³/mol. The van der Waals surface area contributed by atoms with Crippen LogP contribution in [0.4, 0.5) is 5.69 Å². The Morgan fingerprint density at radius 1 is 1.55 bits per heavy atom. The highest BCUT2D eigenvalue weighted by molar-refractivity contribution is 7.83. The van der Waals surface area contributed by atoms with Gasteiger partial charge in [-0.1, -0.05) is 11.6 Å². The lowest BCUT2D eigenvalue weighted by Crippen LogP contribution is -2.35. The van der Waals surface area contributed by atoms with E-state index in [0.717, 1.165) is 24.9 Å². The molecule has 0 aliphatic carbocycles. The van der Waals surface area contributed by atoms with Crippen molar-refractivity contribution in [1.29, 1.82) is 0 Å². The normalized spacial score (nSPS) is 19.2. The Balaban J connectivity index is 0.00000200. The van der Waals surface area contributed by atoms with Crippen LogP contribution in [-0.4, -0.2) is 29.0 Å². The molecule has 7 heteroatoms. The molecule has 0 saturated carbocycles. The highest BCUT2D eigenvalue weighted by Crippen LogP contribution is 2.22. The summed E-state index contributed by atoms with van der Waals surface area (Å²) in [6.07, 6.45) is 3.52. The van der Waals surface area contributed by atoms with Gasteiger partial charge in [0.1, 0.15) is 0 Å². The molecule has 0 radical (unpaired) electrons. The molecule has 0 spiro atoms. The first-order valence-corrected chi connectivity index (χ1v) is 8.29. The van der Waals surface area contributed by atoms with Gasteiger partial charge in [-0.25, -0.2) is 0 Å². The lowest BCUT2D eigenvalue weighted by atomic mass is 10.2. The Kier molecular flexibility index (Phi) is 6.95. The minimum Gasteiger partial charge on any atom is -0.325 e. The number of benzene rings is 1. The second kappa shape index (κ2) is 7.98. The molecular formula is C13H18Cl2N2O2S. The van der Waals surface area contributed by atoms with Crippen molar-refractivity contribution in [3.8, 4) is 0 Å². The van der Waals surface area contributed by atoms with E-state index in [9.17, 15) is 9.00 Å². The van der Waals surface area contributed by atoms with E-state index in [-0.39, 0.29) is 24.4 Å². The van der Waals surface area contributed by atoms with E-state index >= 15 is 0 Å². The van der Waals surface area contributed by atoms with Crippen LogP contribution in [0.3, 0.4) is 0 Å². The fourth-order valence-corrected chi connectivity index (χ4v) is 3.06. The lowest BCUT2D eigenvalue weighted by molar-refractivity contribution is -0.117. The molecule has 4 nitrogen and oxygen atoms in total. The molecule has 1 aliphatic heterocycles. The number of hydrogen-bond acceptors (Lipinski definition) is 3. The van der Waals surface area contributed by atoms with Crippen molar-refractivity contribution in [1.82, 2.24) is 5.32 Å². The van der Waals surface area contributed by atoms with Crippen LogP contribution in [0.2, 0.25) is 5.02 Å². The molecule has 0 bridgehead atoms. The largest absolute Gasteiger partial charge is 0.325 e. The summed E-state index contributed by atoms with van der Waals surface area (Å²) in [6.45, 7) is 0.888. The number of nitrogens with one attached hydrogen (secondary N) is 2. The zero-order valence-corrected chi connectivity index (χ0v) is 13.5. The molecule has 0 aromatic heterocycles. The molecule has 2 N–H and O–H groups in total. The molecule has 1 saturated heterocycles. The van der Waals surface area contributed by atoms with Crippen molar-refractivity contribution in [3.05, 3.63) is 28.8 Å². The Bertz CT molecular complexity index is 505. The van der Waals surface area contributed by atoms with E-state index in [0.29, 0.717) is 16.5 Å². The first-order valence-electron chi connectivity index (χ1n) is 6.19. The summed E-state index contributed by atoms with van der Waals surface area (Å²) in [4.78, 5) is 12.0. The Morgan fingerprint density at radius 3 is 2.90 bits per heavy atom. The molecule has 1 aromatic rings. The lowest BCUT2D eigenvalue weighted by Gasteiger charge is -2.12. The second-order valence-electron chi connectivity index (χ2n) is 4.66. The molecule has 112 valence electrons. The van der Waals surface area contributed by atoms with Gasteiger partial charge in [-0.2, -0.15) is 0 Å². The number of carbonyl (C=O) groups is 1. The Labute approximate surface area is 132 Å². The van der Waals surface area contributed by atoms with Crippen LogP contribution >= 0.6 is 24.0 Å². The van der Waals surface area contributed by atoms with Crippen molar-refractivity contribution in [2.24, 2.45) is 0 Å². The Morgan fingerprint density at radius 2 is 2.30 bits per heavy atom. The van der Waals surface area contributed by atoms with Crippen molar-refractivity contribution in [2.45, 2.75) is 24.6 Å². The molecule has 2 rings (SSSR count). The number of anilines is 1. The first kappa shape index (κ1) is 17.4. The van der Waals surface area contributed by atoms with Gasteiger partial charge in [-0.05, 0) is 43.1 Å². The Hall–Kier alpha value is -0.620. The van der Waals surface area contributed by atoms with Crippen molar-refractivity contribution in [2.75, 3.05) is 18.1 Å². The number of halogens is 2. The zero-order valence-electron chi connectivity index (χ0n) is 11.1. The quantitative estimate of drug-likeness (QED) is 0.887. The van der Waals surface area contributed by atoms with E-state index in [1.807, 2.05) is 0 Å². The van der Waals surface area contributed by atoms with Crippen LogP contribution in [-0.2, 0) is 21.3 Å². The number of carbonyl (C=O) groups excluding carboxylic acids is 1. The number of hydrogen-bond donors (Lipinski definition) is 2. The molecule has 1 fully saturated rings. The van der Waals surface area contributed by atoms with Gasteiger partial charge in [0.2, 0.25) is 5.91 Å². The SMILES string of the molecule is CS(=O)Cc1cc(NC(=O)C2CCCN2)ccc1Cl.Cl. The predicted octanol–water partition coefficient (Wildman–Crippen LogP) is 2.33. The van der Waals surface area contributed by atoms with Crippen LogP contribution in [0.1, 0.15) is 18.4 Å². The fourth-order valence-electron chi connectivity index (χ4n) is 2.12. The molecule has 1 amide bonds. The minimum absolute atomic E-state index is 0. The highest BCUT2D eigenvalue weighted by atomic mass is 35.5. The van der Waals surface area contributed by atoms with Crippen LogP contribution < -0.4 is 10.6 Å². The number of amides is 1. The van der Waals surface area contributed by atoms with Gasteiger partial charge in [0, 0.05) is 33.5 Å². The van der Waals surface area contributed by atoms with Gasteiger partial charge >= 0.3 is 0 Å². The second-order valence-corrected chi connectivity index (χ2v) is 6.50. The third kappa shape index (κ3) is 4.74. The van der Waals surface area contributed by atoms with Crippen LogP contribution in [0, 0.1) is 0 Å². The summed E-state index contributed by atoms with van der Waals surface area (Å²) in [5.74, 6) is 0.368. The topological polar surface area (TPSA) is 58.2 Å². The fraction of sp³-hybridized carbons (Fsp3) is 0.462. The molecule has 20 heavy (non-hydrogen) atoms. The average molecular weight is 337 g/mol. The third-order valence-electron chi connectivity index (χ3n) is 3.05. The van der Waals surface area contributed by atoms with Crippen molar-refractivity contribution in [3.63, 3.8) is 0 Å². The maximum absolute atomic E-state index is 12.0. The van der Waals surface area contributed by atoms with Gasteiger partial charge < -0.3 is 10.6 Å². The van der Waals surface area contributed by atoms with Gasteiger partial charge in [0.05, 0.1) is 6.04 Å². The van der Waals surface area contributed by atoms with E-state index in [4.69, 9.17) is 11.6 Å². The molecule has 1 aliphatic rings. The molecule has 1 aromatic carbocycles. The van der Waals surface area contributed by atoms with E-state index in [1.54, 1.807) is 24.5 Å². The molecule has 2 atom stereocenters. The van der Waals surface area contributed by atoms with Crippen LogP contribution in [0.25, 0.3) is 0 Å². The summed E-state index contributed by atoms with van der Waals surface area (Å²) in [5.41, 5.74) is 1.49. The average Bonchev–Trinajstić information content (AvgIpc) is 2.86. The molecule has 2 unspecified atom stereocenters. The van der Waals surface area contributed by atoms with Gasteiger partial charge in [0.25, 0.3) is 0 Å². The van der Waals surface area contributed by atoms with Gasteiger partial charge in [0.15, 0.2) is 0 Å². The summed E-state index contributed by atoms with van der Waals surface area (Å²) in [5, 5.41) is 6.59. The molecular weight excluding hydrogens is 319 g/mol. The summed E-state index contributed by atoms with van der Waals surface area (Å²) < 4.78 is 11.3. The van der Waals surface area contributed by atoms with Crippen molar-refractivity contribution >= 4 is 46.4 Å². The standard InChI is InChI=1S/C13H17ClN2O2S.ClH/c1-19(18)8-9-7-10(4-5-11(9)14)16-13(17)12-3-2-6-15-12;/h4-5,7,12,15H,2-3,6,8H2,1H3,(H,16,17);1H. The highest BCUT2D eigenvalue weighted by Gasteiger charge is 2.22. The minimum atomic E-state index is -0.959. The van der Waals surface area contributed by atoms with Crippen LogP contribution in [0.15, 0.2) is 18.2 Å². The smallest absolute Gasteiger partial charge is 0.241 e. The number of rotatable bonds is 4. The van der Waals surface area contributed by atoms with Gasteiger partial charge in [-0.3, -0.25) is 9.00 Å². The summed E-state index contributed by atoms with van der Waals surface area (Å²) >= 11 is 6.04. The third-order valence-corrected chi connectivity index (χ3v) is 4.14. The zero-order chi connectivity index (χ0) is 13.8. The maximum atomic E-state index is 12.0. The van der Waals surface area contributed by atoms with Crippen molar-refractivity contribution < 1.29 is 9.00 Å². The monoisotopic (exact) mass is 336 g/mol. The molecule has 1 heterocycles.